The van der Waals surface area contributed by atoms with Gasteiger partial charge in [0.25, 0.3) is 0 Å². The second-order valence-corrected chi connectivity index (χ2v) is 12.9. The van der Waals surface area contributed by atoms with E-state index < -0.39 is 34.1 Å². The van der Waals surface area contributed by atoms with Crippen molar-refractivity contribution >= 4 is 39.1 Å². The summed E-state index contributed by atoms with van der Waals surface area (Å²) >= 11 is 6.28. The summed E-state index contributed by atoms with van der Waals surface area (Å²) in [4.78, 5) is 29.2. The fourth-order valence-electron chi connectivity index (χ4n) is 4.21. The Bertz CT molecular complexity index is 1410. The van der Waals surface area contributed by atoms with E-state index in [9.17, 15) is 18.0 Å². The fraction of sp³-hybridized carbons (Fsp3) is 0.333. The summed E-state index contributed by atoms with van der Waals surface area (Å²) in [5.41, 5.74) is 1.33. The first-order chi connectivity index (χ1) is 18.8. The standard InChI is InChI=1S/C30H36ClN3O5S/c1-30(2,3)32-29(36)26(18-22-12-8-6-9-13-22)33(20-23-14-10-7-11-15-23)28(35)21-34(40(5,37)38)24-16-17-27(39-4)25(31)19-24/h6-17,19,26H,18,20-21H2,1-5H3,(H,32,36)/t26-/m0/s1. The molecule has 3 aromatic carbocycles. The van der Waals surface area contributed by atoms with Gasteiger partial charge in [-0.3, -0.25) is 13.9 Å². The molecule has 0 aromatic heterocycles. The second-order valence-electron chi connectivity index (χ2n) is 10.5. The van der Waals surface area contributed by atoms with Crippen LogP contribution in [0.15, 0.2) is 78.9 Å². The van der Waals surface area contributed by atoms with E-state index in [0.29, 0.717) is 5.75 Å². The summed E-state index contributed by atoms with van der Waals surface area (Å²) < 4.78 is 32.0. The summed E-state index contributed by atoms with van der Waals surface area (Å²) in [6.45, 7) is 5.18. The molecule has 0 radical (unpaired) electrons. The van der Waals surface area contributed by atoms with E-state index in [1.54, 1.807) is 0 Å². The molecule has 10 heteroatoms. The molecule has 40 heavy (non-hydrogen) atoms. The number of hydrogen-bond donors (Lipinski definition) is 1. The third-order valence-electron chi connectivity index (χ3n) is 6.07. The summed E-state index contributed by atoms with van der Waals surface area (Å²) in [5, 5.41) is 3.20. The van der Waals surface area contributed by atoms with Crippen LogP contribution in [0.1, 0.15) is 31.9 Å². The molecule has 1 N–H and O–H groups in total. The van der Waals surface area contributed by atoms with E-state index in [-0.39, 0.29) is 29.6 Å². The van der Waals surface area contributed by atoms with Crippen LogP contribution >= 0.6 is 11.6 Å². The van der Waals surface area contributed by atoms with Crippen LogP contribution in [0.5, 0.6) is 5.75 Å². The lowest BCUT2D eigenvalue weighted by Crippen LogP contribution is -2.56. The first kappa shape index (κ1) is 31.0. The number of sulfonamides is 1. The van der Waals surface area contributed by atoms with Crippen LogP contribution in [-0.4, -0.2) is 56.6 Å². The van der Waals surface area contributed by atoms with Gasteiger partial charge in [0.1, 0.15) is 18.3 Å². The zero-order valence-electron chi connectivity index (χ0n) is 23.4. The first-order valence-corrected chi connectivity index (χ1v) is 15.0. The molecule has 3 aromatic rings. The van der Waals surface area contributed by atoms with E-state index in [0.717, 1.165) is 21.7 Å². The number of nitrogens with one attached hydrogen (secondary N) is 1. The van der Waals surface area contributed by atoms with Gasteiger partial charge >= 0.3 is 0 Å². The normalized spacial score (nSPS) is 12.3. The summed E-state index contributed by atoms with van der Waals surface area (Å²) in [6.07, 6.45) is 1.27. The molecular weight excluding hydrogens is 550 g/mol. The third-order valence-corrected chi connectivity index (χ3v) is 7.50. The van der Waals surface area contributed by atoms with Crippen molar-refractivity contribution in [2.24, 2.45) is 0 Å². The molecule has 0 aliphatic rings. The van der Waals surface area contributed by atoms with E-state index in [1.807, 2.05) is 81.4 Å². The number of carbonyl (C=O) groups is 2. The predicted octanol–water partition coefficient (Wildman–Crippen LogP) is 4.67. The average Bonchev–Trinajstić information content (AvgIpc) is 2.88. The van der Waals surface area contributed by atoms with Gasteiger partial charge in [-0.25, -0.2) is 8.42 Å². The zero-order chi connectivity index (χ0) is 29.5. The zero-order valence-corrected chi connectivity index (χ0v) is 25.0. The molecule has 0 unspecified atom stereocenters. The van der Waals surface area contributed by atoms with Crippen LogP contribution in [0.3, 0.4) is 0 Å². The van der Waals surface area contributed by atoms with Crippen LogP contribution in [0.4, 0.5) is 5.69 Å². The van der Waals surface area contributed by atoms with Gasteiger partial charge in [-0.1, -0.05) is 72.3 Å². The van der Waals surface area contributed by atoms with E-state index in [2.05, 4.69) is 5.32 Å². The Morgan fingerprint density at radius 3 is 2.02 bits per heavy atom. The van der Waals surface area contributed by atoms with Crippen LogP contribution < -0.4 is 14.4 Å². The number of amides is 2. The molecule has 0 bridgehead atoms. The molecule has 0 aliphatic heterocycles. The van der Waals surface area contributed by atoms with Crippen molar-refractivity contribution in [3.8, 4) is 5.75 Å². The topological polar surface area (TPSA) is 96.0 Å². The van der Waals surface area contributed by atoms with Crippen molar-refractivity contribution in [2.45, 2.75) is 45.3 Å². The maximum atomic E-state index is 14.1. The summed E-state index contributed by atoms with van der Waals surface area (Å²) in [7, 11) is -2.45. The number of hydrogen-bond acceptors (Lipinski definition) is 5. The van der Waals surface area contributed by atoms with Crippen molar-refractivity contribution in [3.63, 3.8) is 0 Å². The summed E-state index contributed by atoms with van der Waals surface area (Å²) in [5.74, 6) is -0.497. The number of rotatable bonds is 11. The number of halogens is 1. The molecular formula is C30H36ClN3O5S. The Morgan fingerprint density at radius 2 is 1.52 bits per heavy atom. The van der Waals surface area contributed by atoms with Crippen LogP contribution in [0.2, 0.25) is 5.02 Å². The first-order valence-electron chi connectivity index (χ1n) is 12.8. The van der Waals surface area contributed by atoms with E-state index in [4.69, 9.17) is 16.3 Å². The fourth-order valence-corrected chi connectivity index (χ4v) is 5.30. The van der Waals surface area contributed by atoms with Gasteiger partial charge in [-0.15, -0.1) is 0 Å². The van der Waals surface area contributed by atoms with Crippen LogP contribution in [0.25, 0.3) is 0 Å². The molecule has 214 valence electrons. The van der Waals surface area contributed by atoms with Gasteiger partial charge in [0, 0.05) is 18.5 Å². The van der Waals surface area contributed by atoms with Crippen molar-refractivity contribution in [2.75, 3.05) is 24.2 Å². The largest absolute Gasteiger partial charge is 0.495 e. The minimum atomic E-state index is -3.90. The van der Waals surface area contributed by atoms with Crippen molar-refractivity contribution in [3.05, 3.63) is 95.0 Å². The highest BCUT2D eigenvalue weighted by Crippen LogP contribution is 2.30. The predicted molar refractivity (Wildman–Crippen MR) is 159 cm³/mol. The van der Waals surface area contributed by atoms with Crippen LogP contribution in [0, 0.1) is 0 Å². The minimum absolute atomic E-state index is 0.107. The SMILES string of the molecule is COc1ccc(N(CC(=O)N(Cc2ccccc2)[C@@H](Cc2ccccc2)C(=O)NC(C)(C)C)S(C)(=O)=O)cc1Cl. The van der Waals surface area contributed by atoms with Crippen molar-refractivity contribution in [1.82, 2.24) is 10.2 Å². The molecule has 0 aliphatic carbocycles. The monoisotopic (exact) mass is 585 g/mol. The lowest BCUT2D eigenvalue weighted by atomic mass is 10.0. The highest BCUT2D eigenvalue weighted by Gasteiger charge is 2.34. The number of ether oxygens (including phenoxy) is 1. The lowest BCUT2D eigenvalue weighted by Gasteiger charge is -2.35. The highest BCUT2D eigenvalue weighted by atomic mass is 35.5. The Hall–Kier alpha value is -3.56. The molecule has 0 saturated carbocycles. The van der Waals surface area contributed by atoms with Gasteiger partial charge < -0.3 is 15.0 Å². The molecule has 1 atom stereocenters. The molecule has 8 nitrogen and oxygen atoms in total. The number of benzene rings is 3. The Balaban J connectivity index is 2.06. The molecule has 0 saturated heterocycles. The van der Waals surface area contributed by atoms with E-state index >= 15 is 0 Å². The van der Waals surface area contributed by atoms with Crippen molar-refractivity contribution in [1.29, 1.82) is 0 Å². The maximum Gasteiger partial charge on any atom is 0.244 e. The maximum absolute atomic E-state index is 14.1. The molecule has 3 rings (SSSR count). The molecule has 0 fully saturated rings. The molecule has 2 amide bonds. The highest BCUT2D eigenvalue weighted by molar-refractivity contribution is 7.92. The van der Waals surface area contributed by atoms with E-state index in [1.165, 1.54) is 30.2 Å². The van der Waals surface area contributed by atoms with Gasteiger partial charge in [0.15, 0.2) is 0 Å². The number of carbonyl (C=O) groups excluding carboxylic acids is 2. The number of anilines is 1. The third kappa shape index (κ3) is 8.72. The molecule has 0 heterocycles. The Labute approximate surface area is 241 Å². The van der Waals surface area contributed by atoms with Crippen molar-refractivity contribution < 1.29 is 22.7 Å². The average molecular weight is 586 g/mol. The summed E-state index contributed by atoms with van der Waals surface area (Å²) in [6, 6.07) is 22.3. The quantitative estimate of drug-likeness (QED) is 0.353. The van der Waals surface area contributed by atoms with Gasteiger partial charge in [-0.05, 0) is 50.1 Å². The smallest absolute Gasteiger partial charge is 0.244 e. The number of nitrogens with zero attached hydrogens (tertiary/aromatic N) is 2. The molecule has 0 spiro atoms. The number of methoxy groups -OCH3 is 1. The van der Waals surface area contributed by atoms with Gasteiger partial charge in [0.2, 0.25) is 21.8 Å². The minimum Gasteiger partial charge on any atom is -0.495 e. The van der Waals surface area contributed by atoms with Gasteiger partial charge in [-0.2, -0.15) is 0 Å². The van der Waals surface area contributed by atoms with Gasteiger partial charge in [0.05, 0.1) is 24.1 Å². The Kier molecular flexibility index (Phi) is 10.2. The lowest BCUT2D eigenvalue weighted by molar-refractivity contribution is -0.140. The van der Waals surface area contributed by atoms with Crippen LogP contribution in [-0.2, 0) is 32.6 Å². The Morgan fingerprint density at radius 1 is 0.950 bits per heavy atom. The second kappa shape index (κ2) is 13.2.